The van der Waals surface area contributed by atoms with E-state index in [1.807, 2.05) is 24.3 Å². The van der Waals surface area contributed by atoms with E-state index in [1.165, 1.54) is 0 Å². The molecule has 0 atom stereocenters. The van der Waals surface area contributed by atoms with Crippen LogP contribution in [0, 0.1) is 4.77 Å². The van der Waals surface area contributed by atoms with Crippen LogP contribution in [-0.2, 0) is 0 Å². The number of nitrogens with zero attached hydrogens (tertiary/aromatic N) is 4. The molecule has 4 aromatic rings. The number of aromatic amines is 2. The minimum absolute atomic E-state index is 0.467. The standard InChI is InChI=1S/C10H6N6S/c17-10-15-14-9-13-12-7-5-3-1-2-4-6(5)11-8(7)16(9)10/h1-4,11H,(H,15,17). The Bertz CT molecular complexity index is 915. The predicted octanol–water partition coefficient (Wildman–Crippen LogP) is 1.82. The van der Waals surface area contributed by atoms with Gasteiger partial charge in [-0.3, -0.25) is 0 Å². The largest absolute Gasteiger partial charge is 0.339 e. The molecule has 4 rings (SSSR count). The smallest absolute Gasteiger partial charge is 0.274 e. The summed E-state index contributed by atoms with van der Waals surface area (Å²) in [4.78, 5) is 3.28. The first-order chi connectivity index (χ1) is 8.34. The van der Waals surface area contributed by atoms with E-state index in [9.17, 15) is 0 Å². The van der Waals surface area contributed by atoms with Crippen LogP contribution in [0.3, 0.4) is 0 Å². The molecule has 17 heavy (non-hydrogen) atoms. The van der Waals surface area contributed by atoms with Gasteiger partial charge in [0, 0.05) is 10.9 Å². The van der Waals surface area contributed by atoms with Crippen LogP contribution in [0.15, 0.2) is 24.3 Å². The van der Waals surface area contributed by atoms with Crippen LogP contribution in [0.2, 0.25) is 0 Å². The normalized spacial score (nSPS) is 11.8. The number of aromatic nitrogens is 6. The topological polar surface area (TPSA) is 74.7 Å². The third-order valence-electron chi connectivity index (χ3n) is 2.78. The van der Waals surface area contributed by atoms with E-state index in [0.717, 1.165) is 22.1 Å². The number of rotatable bonds is 0. The van der Waals surface area contributed by atoms with Crippen molar-refractivity contribution < 1.29 is 0 Å². The summed E-state index contributed by atoms with van der Waals surface area (Å²) in [5, 5.41) is 15.9. The van der Waals surface area contributed by atoms with Gasteiger partial charge in [-0.2, -0.15) is 0 Å². The maximum Gasteiger partial charge on any atom is 0.274 e. The Balaban J connectivity index is 2.42. The molecule has 0 saturated carbocycles. The lowest BCUT2D eigenvalue weighted by atomic mass is 10.2. The summed E-state index contributed by atoms with van der Waals surface area (Å²) in [6.45, 7) is 0. The van der Waals surface area contributed by atoms with Crippen molar-refractivity contribution >= 4 is 40.1 Å². The minimum atomic E-state index is 0.467. The van der Waals surface area contributed by atoms with Crippen molar-refractivity contribution in [3.63, 3.8) is 0 Å². The Labute approximate surface area is 99.3 Å². The van der Waals surface area contributed by atoms with Crippen molar-refractivity contribution in [2.24, 2.45) is 0 Å². The second kappa shape index (κ2) is 2.89. The van der Waals surface area contributed by atoms with E-state index in [2.05, 4.69) is 25.4 Å². The zero-order valence-corrected chi connectivity index (χ0v) is 9.32. The molecule has 0 spiro atoms. The lowest BCUT2D eigenvalue weighted by Gasteiger charge is -1.92. The van der Waals surface area contributed by atoms with Crippen LogP contribution in [0.25, 0.3) is 27.8 Å². The van der Waals surface area contributed by atoms with Crippen molar-refractivity contribution in [1.82, 2.24) is 29.8 Å². The molecule has 3 heterocycles. The summed E-state index contributed by atoms with van der Waals surface area (Å²) in [6, 6.07) is 7.93. The highest BCUT2D eigenvalue weighted by molar-refractivity contribution is 7.71. The molecule has 3 aromatic heterocycles. The quantitative estimate of drug-likeness (QED) is 0.461. The molecular formula is C10H6N6S. The van der Waals surface area contributed by atoms with Crippen LogP contribution in [0.4, 0.5) is 0 Å². The van der Waals surface area contributed by atoms with Gasteiger partial charge < -0.3 is 4.98 Å². The van der Waals surface area contributed by atoms with Crippen molar-refractivity contribution in [3.8, 4) is 0 Å². The van der Waals surface area contributed by atoms with Gasteiger partial charge in [0.05, 0.1) is 0 Å². The Kier molecular flexibility index (Phi) is 1.50. The summed E-state index contributed by atoms with van der Waals surface area (Å²) >= 11 is 5.18. The zero-order valence-electron chi connectivity index (χ0n) is 8.51. The van der Waals surface area contributed by atoms with Crippen molar-refractivity contribution in [2.45, 2.75) is 0 Å². The molecule has 0 fully saturated rings. The highest BCUT2D eigenvalue weighted by atomic mass is 32.1. The number of hydrogen-bond donors (Lipinski definition) is 2. The Morgan fingerprint density at radius 1 is 1.18 bits per heavy atom. The molecule has 0 radical (unpaired) electrons. The van der Waals surface area contributed by atoms with Crippen LogP contribution in [0.1, 0.15) is 0 Å². The third kappa shape index (κ3) is 1.03. The van der Waals surface area contributed by atoms with Crippen molar-refractivity contribution in [3.05, 3.63) is 29.0 Å². The molecule has 0 aliphatic heterocycles. The fourth-order valence-corrected chi connectivity index (χ4v) is 2.25. The van der Waals surface area contributed by atoms with Crippen LogP contribution < -0.4 is 0 Å². The average molecular weight is 242 g/mol. The zero-order chi connectivity index (χ0) is 11.4. The first-order valence-corrected chi connectivity index (χ1v) is 5.45. The van der Waals surface area contributed by atoms with Gasteiger partial charge in [-0.05, 0) is 18.3 Å². The molecule has 0 bridgehead atoms. The van der Waals surface area contributed by atoms with Gasteiger partial charge in [-0.25, -0.2) is 9.50 Å². The molecule has 0 unspecified atom stereocenters. The summed E-state index contributed by atoms with van der Waals surface area (Å²) < 4.78 is 2.25. The Morgan fingerprint density at radius 3 is 3.00 bits per heavy atom. The molecule has 0 aliphatic rings. The van der Waals surface area contributed by atoms with Gasteiger partial charge >= 0.3 is 0 Å². The highest BCUT2D eigenvalue weighted by Crippen LogP contribution is 2.22. The number of benzene rings is 1. The van der Waals surface area contributed by atoms with Gasteiger partial charge in [0.25, 0.3) is 5.78 Å². The number of H-pyrrole nitrogens is 2. The molecule has 82 valence electrons. The fraction of sp³-hybridized carbons (Fsp3) is 0. The lowest BCUT2D eigenvalue weighted by Crippen LogP contribution is -1.93. The van der Waals surface area contributed by atoms with E-state index in [-0.39, 0.29) is 0 Å². The second-order valence-corrected chi connectivity index (χ2v) is 4.12. The van der Waals surface area contributed by atoms with Crippen molar-refractivity contribution in [1.29, 1.82) is 0 Å². The summed E-state index contributed by atoms with van der Waals surface area (Å²) in [5.41, 5.74) is 2.62. The highest BCUT2D eigenvalue weighted by Gasteiger charge is 2.10. The summed E-state index contributed by atoms with van der Waals surface area (Å²) in [5.74, 6) is 0.467. The maximum atomic E-state index is 5.18. The minimum Gasteiger partial charge on any atom is -0.339 e. The van der Waals surface area contributed by atoms with Gasteiger partial charge in [-0.1, -0.05) is 18.2 Å². The Hall–Kier alpha value is -2.28. The summed E-state index contributed by atoms with van der Waals surface area (Å²) in [7, 11) is 0. The van der Waals surface area contributed by atoms with E-state index in [4.69, 9.17) is 12.2 Å². The monoisotopic (exact) mass is 242 g/mol. The van der Waals surface area contributed by atoms with Gasteiger partial charge in [-0.15, -0.1) is 15.3 Å². The molecule has 0 saturated heterocycles. The number of fused-ring (bicyclic) bond motifs is 5. The van der Waals surface area contributed by atoms with E-state index >= 15 is 0 Å². The molecule has 0 amide bonds. The van der Waals surface area contributed by atoms with E-state index in [0.29, 0.717) is 10.5 Å². The predicted molar refractivity (Wildman–Crippen MR) is 65.3 cm³/mol. The lowest BCUT2D eigenvalue weighted by molar-refractivity contribution is 1.01. The number of hydrogen-bond acceptors (Lipinski definition) is 4. The average Bonchev–Trinajstić information content (AvgIpc) is 2.90. The third-order valence-corrected chi connectivity index (χ3v) is 3.05. The molecule has 2 N–H and O–H groups in total. The molecule has 1 aromatic carbocycles. The number of nitrogens with one attached hydrogen (secondary N) is 2. The van der Waals surface area contributed by atoms with Crippen LogP contribution in [0.5, 0.6) is 0 Å². The first-order valence-electron chi connectivity index (χ1n) is 5.05. The second-order valence-electron chi connectivity index (χ2n) is 3.73. The van der Waals surface area contributed by atoms with Gasteiger partial charge in [0.2, 0.25) is 4.77 Å². The Morgan fingerprint density at radius 2 is 2.06 bits per heavy atom. The summed E-state index contributed by atoms with van der Waals surface area (Å²) in [6.07, 6.45) is 0. The molecule has 6 nitrogen and oxygen atoms in total. The maximum absolute atomic E-state index is 5.18. The molecular weight excluding hydrogens is 236 g/mol. The molecule has 0 aliphatic carbocycles. The van der Waals surface area contributed by atoms with E-state index < -0.39 is 0 Å². The number of para-hydroxylation sites is 1. The van der Waals surface area contributed by atoms with Crippen LogP contribution in [-0.4, -0.2) is 29.8 Å². The molecule has 7 heteroatoms. The van der Waals surface area contributed by atoms with Crippen molar-refractivity contribution in [2.75, 3.05) is 0 Å². The van der Waals surface area contributed by atoms with E-state index in [1.54, 1.807) is 4.40 Å². The van der Waals surface area contributed by atoms with Gasteiger partial charge in [0.15, 0.2) is 0 Å². The fourth-order valence-electron chi connectivity index (χ4n) is 2.03. The first kappa shape index (κ1) is 8.82. The van der Waals surface area contributed by atoms with Gasteiger partial charge in [0.1, 0.15) is 11.2 Å². The van der Waals surface area contributed by atoms with Crippen LogP contribution >= 0.6 is 12.2 Å². The SMILES string of the molecule is S=c1[nH]nc2nnc3c4ccccc4[nH]c3n12.